The van der Waals surface area contributed by atoms with Crippen LogP contribution < -0.4 is 10.0 Å². The molecular formula is C14H24N2O6S. The van der Waals surface area contributed by atoms with Crippen LogP contribution in [0.3, 0.4) is 0 Å². The Balaban J connectivity index is 2.54. The summed E-state index contributed by atoms with van der Waals surface area (Å²) in [5.74, 6) is -0.575. The van der Waals surface area contributed by atoms with Gasteiger partial charge in [-0.3, -0.25) is 4.79 Å². The Morgan fingerprint density at radius 3 is 2.52 bits per heavy atom. The van der Waals surface area contributed by atoms with Gasteiger partial charge in [-0.1, -0.05) is 0 Å². The van der Waals surface area contributed by atoms with Crippen LogP contribution in [0, 0.1) is 0 Å². The molecule has 0 bridgehead atoms. The van der Waals surface area contributed by atoms with E-state index in [1.54, 1.807) is 27.9 Å². The van der Waals surface area contributed by atoms with Gasteiger partial charge in [0.2, 0.25) is 5.09 Å². The summed E-state index contributed by atoms with van der Waals surface area (Å²) in [5.41, 5.74) is -0.645. The third kappa shape index (κ3) is 7.12. The maximum Gasteiger partial charge on any atom is 0.287 e. The Bertz CT molecular complexity index is 603. The summed E-state index contributed by atoms with van der Waals surface area (Å²) in [6.07, 6.45) is 0. The number of rotatable bonds is 9. The molecule has 8 nitrogen and oxygen atoms in total. The molecule has 1 aromatic heterocycles. The van der Waals surface area contributed by atoms with Gasteiger partial charge in [0, 0.05) is 19.2 Å². The second-order valence-electron chi connectivity index (χ2n) is 5.84. The second-order valence-corrected chi connectivity index (χ2v) is 7.45. The molecule has 0 unspecified atom stereocenters. The largest absolute Gasteiger partial charge is 0.438 e. The molecule has 0 saturated heterocycles. The zero-order valence-corrected chi connectivity index (χ0v) is 14.7. The van der Waals surface area contributed by atoms with E-state index in [0.29, 0.717) is 19.8 Å². The fraction of sp³-hybridized carbons (Fsp3) is 0.643. The van der Waals surface area contributed by atoms with E-state index in [-0.39, 0.29) is 17.4 Å². The van der Waals surface area contributed by atoms with Crippen molar-refractivity contribution in [2.45, 2.75) is 31.4 Å². The zero-order chi connectivity index (χ0) is 17.5. The molecule has 0 radical (unpaired) electrons. The molecule has 1 aromatic rings. The fourth-order valence-electron chi connectivity index (χ4n) is 1.61. The highest BCUT2D eigenvalue weighted by atomic mass is 32.2. The van der Waals surface area contributed by atoms with Gasteiger partial charge in [0.25, 0.3) is 15.9 Å². The van der Waals surface area contributed by atoms with E-state index in [1.165, 1.54) is 12.1 Å². The van der Waals surface area contributed by atoms with E-state index < -0.39 is 21.5 Å². The molecule has 0 spiro atoms. The molecule has 0 aliphatic rings. The van der Waals surface area contributed by atoms with Crippen LogP contribution in [-0.2, 0) is 19.5 Å². The van der Waals surface area contributed by atoms with Gasteiger partial charge in [0.05, 0.1) is 19.8 Å². The van der Waals surface area contributed by atoms with Gasteiger partial charge in [-0.15, -0.1) is 0 Å². The molecule has 0 saturated carbocycles. The first kappa shape index (κ1) is 19.6. The average molecular weight is 348 g/mol. The number of nitrogens with one attached hydrogen (secondary N) is 2. The SMILES string of the molecule is COCCOCCNC(=O)c1ccc(S(=O)(=O)NC(C)(C)C)o1. The van der Waals surface area contributed by atoms with Crippen molar-refractivity contribution in [2.24, 2.45) is 0 Å². The van der Waals surface area contributed by atoms with Crippen molar-refractivity contribution in [2.75, 3.05) is 33.5 Å². The number of methoxy groups -OCH3 is 1. The molecule has 2 N–H and O–H groups in total. The van der Waals surface area contributed by atoms with Crippen molar-refractivity contribution in [1.82, 2.24) is 10.0 Å². The van der Waals surface area contributed by atoms with Crippen molar-refractivity contribution in [3.63, 3.8) is 0 Å². The van der Waals surface area contributed by atoms with E-state index in [2.05, 4.69) is 10.0 Å². The van der Waals surface area contributed by atoms with Gasteiger partial charge in [-0.05, 0) is 32.9 Å². The molecule has 0 aliphatic heterocycles. The van der Waals surface area contributed by atoms with Gasteiger partial charge in [0.15, 0.2) is 5.76 Å². The molecule has 23 heavy (non-hydrogen) atoms. The van der Waals surface area contributed by atoms with Crippen LogP contribution in [0.4, 0.5) is 0 Å². The minimum atomic E-state index is -3.80. The minimum absolute atomic E-state index is 0.0730. The van der Waals surface area contributed by atoms with E-state index in [0.717, 1.165) is 0 Å². The Morgan fingerprint density at radius 2 is 1.91 bits per heavy atom. The molecule has 0 atom stereocenters. The minimum Gasteiger partial charge on any atom is -0.438 e. The summed E-state index contributed by atoms with van der Waals surface area (Å²) in [6.45, 7) is 6.67. The van der Waals surface area contributed by atoms with Crippen molar-refractivity contribution < 1.29 is 27.1 Å². The maximum atomic E-state index is 12.1. The van der Waals surface area contributed by atoms with Crippen LogP contribution in [0.15, 0.2) is 21.6 Å². The van der Waals surface area contributed by atoms with Crippen molar-refractivity contribution in [3.8, 4) is 0 Å². The standard InChI is InChI=1S/C14H24N2O6S/c1-14(2,3)16-23(18,19)12-6-5-11(22-12)13(17)15-7-8-21-10-9-20-4/h5-6,16H,7-10H2,1-4H3,(H,15,17). The molecule has 1 amide bonds. The predicted molar refractivity (Wildman–Crippen MR) is 83.8 cm³/mol. The summed E-state index contributed by atoms with van der Waals surface area (Å²) in [6, 6.07) is 2.57. The highest BCUT2D eigenvalue weighted by molar-refractivity contribution is 7.89. The van der Waals surface area contributed by atoms with Gasteiger partial charge in [0.1, 0.15) is 0 Å². The first-order valence-corrected chi connectivity index (χ1v) is 8.63. The van der Waals surface area contributed by atoms with Crippen molar-refractivity contribution in [1.29, 1.82) is 0 Å². The molecule has 1 rings (SSSR count). The average Bonchev–Trinajstić information content (AvgIpc) is 2.90. The lowest BCUT2D eigenvalue weighted by Crippen LogP contribution is -2.40. The maximum absolute atomic E-state index is 12.1. The number of carbonyl (C=O) groups is 1. The van der Waals surface area contributed by atoms with Crippen LogP contribution in [0.1, 0.15) is 31.3 Å². The Hall–Kier alpha value is -1.42. The van der Waals surface area contributed by atoms with E-state index >= 15 is 0 Å². The number of ether oxygens (including phenoxy) is 2. The summed E-state index contributed by atoms with van der Waals surface area (Å²) in [4.78, 5) is 11.9. The predicted octanol–water partition coefficient (Wildman–Crippen LogP) is 0.749. The Labute approximate surface area is 136 Å². The summed E-state index contributed by atoms with van der Waals surface area (Å²) >= 11 is 0. The van der Waals surface area contributed by atoms with Gasteiger partial charge in [-0.2, -0.15) is 0 Å². The smallest absolute Gasteiger partial charge is 0.287 e. The van der Waals surface area contributed by atoms with Crippen molar-refractivity contribution >= 4 is 15.9 Å². The second kappa shape index (κ2) is 8.44. The summed E-state index contributed by atoms with van der Waals surface area (Å²) in [5, 5.41) is 2.28. The number of carbonyl (C=O) groups excluding carboxylic acids is 1. The van der Waals surface area contributed by atoms with Gasteiger partial charge < -0.3 is 19.2 Å². The van der Waals surface area contributed by atoms with E-state index in [4.69, 9.17) is 13.9 Å². The van der Waals surface area contributed by atoms with Gasteiger partial charge >= 0.3 is 0 Å². The van der Waals surface area contributed by atoms with E-state index in [9.17, 15) is 13.2 Å². The summed E-state index contributed by atoms with van der Waals surface area (Å²) in [7, 11) is -2.23. The number of hydrogen-bond donors (Lipinski definition) is 2. The fourth-order valence-corrected chi connectivity index (χ4v) is 2.96. The highest BCUT2D eigenvalue weighted by Crippen LogP contribution is 2.16. The lowest BCUT2D eigenvalue weighted by Gasteiger charge is -2.18. The molecule has 0 fully saturated rings. The highest BCUT2D eigenvalue weighted by Gasteiger charge is 2.26. The Morgan fingerprint density at radius 1 is 1.22 bits per heavy atom. The van der Waals surface area contributed by atoms with Crippen LogP contribution in [0.5, 0.6) is 0 Å². The van der Waals surface area contributed by atoms with Gasteiger partial charge in [-0.25, -0.2) is 13.1 Å². The first-order valence-electron chi connectivity index (χ1n) is 7.14. The summed E-state index contributed by atoms with van der Waals surface area (Å²) < 4.78 is 41.7. The number of amides is 1. The third-order valence-electron chi connectivity index (χ3n) is 2.47. The molecule has 0 aromatic carbocycles. The van der Waals surface area contributed by atoms with Crippen molar-refractivity contribution in [3.05, 3.63) is 17.9 Å². The topological polar surface area (TPSA) is 107 Å². The third-order valence-corrected chi connectivity index (χ3v) is 4.10. The lowest BCUT2D eigenvalue weighted by atomic mass is 10.1. The number of furan rings is 1. The van der Waals surface area contributed by atoms with Crippen LogP contribution in [0.25, 0.3) is 0 Å². The molecular weight excluding hydrogens is 324 g/mol. The monoisotopic (exact) mass is 348 g/mol. The number of sulfonamides is 1. The molecule has 0 aliphatic carbocycles. The molecule has 132 valence electrons. The molecule has 1 heterocycles. The Kier molecular flexibility index (Phi) is 7.20. The van der Waals surface area contributed by atoms with Crippen LogP contribution >= 0.6 is 0 Å². The zero-order valence-electron chi connectivity index (χ0n) is 13.8. The number of hydrogen-bond acceptors (Lipinski definition) is 6. The van der Waals surface area contributed by atoms with E-state index in [1.807, 2.05) is 0 Å². The van der Waals surface area contributed by atoms with Crippen LogP contribution in [0.2, 0.25) is 0 Å². The normalized spacial score (nSPS) is 12.3. The quantitative estimate of drug-likeness (QED) is 0.638. The first-order chi connectivity index (χ1) is 10.7. The lowest BCUT2D eigenvalue weighted by molar-refractivity contribution is 0.0686. The van der Waals surface area contributed by atoms with Crippen LogP contribution in [-0.4, -0.2) is 53.3 Å². The molecule has 9 heteroatoms.